The molecule has 1 unspecified atom stereocenters. The Hall–Kier alpha value is -2.78. The van der Waals surface area contributed by atoms with Gasteiger partial charge in [-0.1, -0.05) is 12.1 Å². The number of rotatable bonds is 8. The van der Waals surface area contributed by atoms with Crippen molar-refractivity contribution in [3.8, 4) is 5.75 Å². The summed E-state index contributed by atoms with van der Waals surface area (Å²) in [5, 5.41) is 12.6. The van der Waals surface area contributed by atoms with Gasteiger partial charge in [0.15, 0.2) is 5.69 Å². The molecule has 2 aromatic rings. The van der Waals surface area contributed by atoms with Crippen LogP contribution in [0.15, 0.2) is 35.4 Å². The number of aromatic nitrogens is 2. The molecule has 27 heavy (non-hydrogen) atoms. The third-order valence-electron chi connectivity index (χ3n) is 3.92. The van der Waals surface area contributed by atoms with E-state index in [0.717, 1.165) is 0 Å². The molecule has 0 spiro atoms. The maximum Gasteiger partial charge on any atom is 0.296 e. The lowest BCUT2D eigenvalue weighted by molar-refractivity contribution is 0.0942. The topological polar surface area (TPSA) is 113 Å². The third-order valence-corrected chi connectivity index (χ3v) is 3.92. The summed E-state index contributed by atoms with van der Waals surface area (Å²) in [5.41, 5.74) is 5.36. The predicted molar refractivity (Wildman–Crippen MR) is 98.9 cm³/mol. The number of hydrogen-bond donors (Lipinski definition) is 3. The fourth-order valence-corrected chi connectivity index (χ4v) is 2.53. The van der Waals surface area contributed by atoms with Crippen molar-refractivity contribution in [3.63, 3.8) is 0 Å². The van der Waals surface area contributed by atoms with Crippen molar-refractivity contribution in [2.45, 2.75) is 26.1 Å². The molecule has 1 heterocycles. The molecule has 146 valence electrons. The van der Waals surface area contributed by atoms with Gasteiger partial charge < -0.3 is 21.1 Å². The number of halogens is 1. The van der Waals surface area contributed by atoms with E-state index >= 15 is 0 Å². The first-order chi connectivity index (χ1) is 12.8. The number of hydrogen-bond acceptors (Lipinski definition) is 6. The molecule has 0 aliphatic carbocycles. The van der Waals surface area contributed by atoms with Gasteiger partial charge >= 0.3 is 0 Å². The van der Waals surface area contributed by atoms with Crippen LogP contribution in [0.5, 0.6) is 5.75 Å². The number of amides is 1. The Morgan fingerprint density at radius 2 is 2.07 bits per heavy atom. The molecule has 0 fully saturated rings. The molecule has 1 amide bonds. The summed E-state index contributed by atoms with van der Waals surface area (Å²) < 4.78 is 14.1. The highest BCUT2D eigenvalue weighted by Crippen LogP contribution is 2.08. The van der Waals surface area contributed by atoms with Crippen LogP contribution >= 0.6 is 0 Å². The second-order valence-electron chi connectivity index (χ2n) is 6.49. The van der Waals surface area contributed by atoms with Crippen LogP contribution < -0.4 is 16.6 Å². The Labute approximate surface area is 156 Å². The monoisotopic (exact) mass is 377 g/mol. The Bertz CT molecular complexity index is 836. The molecule has 1 atom stereocenters. The number of aromatic hydroxyl groups is 1. The zero-order chi connectivity index (χ0) is 20.0. The van der Waals surface area contributed by atoms with Gasteiger partial charge in [0, 0.05) is 32.2 Å². The number of nitrogens with two attached hydrogens (primary N) is 1. The Morgan fingerprint density at radius 1 is 1.41 bits per heavy atom. The van der Waals surface area contributed by atoms with Crippen molar-refractivity contribution in [1.82, 2.24) is 19.8 Å². The van der Waals surface area contributed by atoms with Crippen LogP contribution in [0.4, 0.5) is 4.39 Å². The summed E-state index contributed by atoms with van der Waals surface area (Å²) in [6, 6.07) is 5.62. The highest BCUT2D eigenvalue weighted by Gasteiger charge is 2.17. The van der Waals surface area contributed by atoms with Crippen LogP contribution in [-0.4, -0.2) is 51.6 Å². The predicted octanol–water partition coefficient (Wildman–Crippen LogP) is 0.297. The minimum atomic E-state index is -0.705. The molecular weight excluding hydrogens is 353 g/mol. The van der Waals surface area contributed by atoms with Gasteiger partial charge in [-0.3, -0.25) is 14.2 Å². The van der Waals surface area contributed by atoms with Gasteiger partial charge in [0.1, 0.15) is 5.82 Å². The summed E-state index contributed by atoms with van der Waals surface area (Å²) in [6.07, 6.45) is 1.23. The van der Waals surface area contributed by atoms with Gasteiger partial charge in [-0.2, -0.15) is 0 Å². The van der Waals surface area contributed by atoms with E-state index in [0.29, 0.717) is 25.2 Å². The molecule has 1 aromatic carbocycles. The van der Waals surface area contributed by atoms with Gasteiger partial charge in [-0.25, -0.2) is 9.37 Å². The normalized spacial score (nSPS) is 12.2. The number of nitrogens with one attached hydrogen (secondary N) is 1. The SMILES string of the molecule is CC(N)CN(C)CCn1cnc(C(=O)NCc2ccc(F)cc2)c(O)c1=O. The smallest absolute Gasteiger partial charge is 0.296 e. The molecule has 0 aliphatic rings. The second-order valence-corrected chi connectivity index (χ2v) is 6.49. The van der Waals surface area contributed by atoms with Crippen molar-refractivity contribution >= 4 is 5.91 Å². The first-order valence-corrected chi connectivity index (χ1v) is 8.53. The molecule has 2 rings (SSSR count). The maximum atomic E-state index is 12.9. The Kier molecular flexibility index (Phi) is 7.03. The van der Waals surface area contributed by atoms with E-state index in [1.807, 2.05) is 18.9 Å². The number of carbonyl (C=O) groups is 1. The molecule has 0 aliphatic heterocycles. The van der Waals surface area contributed by atoms with E-state index in [2.05, 4.69) is 10.3 Å². The summed E-state index contributed by atoms with van der Waals surface area (Å²) in [4.78, 5) is 30.3. The summed E-state index contributed by atoms with van der Waals surface area (Å²) in [5.74, 6) is -1.77. The molecule has 8 nitrogen and oxygen atoms in total. The van der Waals surface area contributed by atoms with E-state index in [1.165, 1.54) is 35.2 Å². The average molecular weight is 377 g/mol. The summed E-state index contributed by atoms with van der Waals surface area (Å²) in [7, 11) is 1.87. The zero-order valence-electron chi connectivity index (χ0n) is 15.4. The lowest BCUT2D eigenvalue weighted by Crippen LogP contribution is -2.36. The number of nitrogens with zero attached hydrogens (tertiary/aromatic N) is 3. The molecule has 1 aromatic heterocycles. The zero-order valence-corrected chi connectivity index (χ0v) is 15.4. The molecular formula is C18H24FN5O3. The minimum Gasteiger partial charge on any atom is -0.501 e. The van der Waals surface area contributed by atoms with E-state index in [-0.39, 0.29) is 24.1 Å². The van der Waals surface area contributed by atoms with Crippen molar-refractivity contribution in [1.29, 1.82) is 0 Å². The molecule has 9 heteroatoms. The number of carbonyl (C=O) groups excluding carboxylic acids is 1. The van der Waals surface area contributed by atoms with Crippen LogP contribution in [0.25, 0.3) is 0 Å². The fraction of sp³-hybridized carbons (Fsp3) is 0.389. The molecule has 0 saturated carbocycles. The number of benzene rings is 1. The molecule has 0 radical (unpaired) electrons. The number of likely N-dealkylation sites (N-methyl/N-ethyl adjacent to an activating group) is 1. The quantitative estimate of drug-likeness (QED) is 0.610. The van der Waals surface area contributed by atoms with E-state index in [9.17, 15) is 19.1 Å². The van der Waals surface area contributed by atoms with E-state index in [4.69, 9.17) is 5.73 Å². The van der Waals surface area contributed by atoms with Gasteiger partial charge in [0.05, 0.1) is 6.33 Å². The lowest BCUT2D eigenvalue weighted by atomic mass is 10.2. The fourth-order valence-electron chi connectivity index (χ4n) is 2.53. The minimum absolute atomic E-state index is 0.00503. The first kappa shape index (κ1) is 20.5. The van der Waals surface area contributed by atoms with Crippen LogP contribution in [0, 0.1) is 5.82 Å². The molecule has 0 bridgehead atoms. The Balaban J connectivity index is 2.01. The van der Waals surface area contributed by atoms with Crippen molar-refractivity contribution in [2.75, 3.05) is 20.1 Å². The van der Waals surface area contributed by atoms with Gasteiger partial charge in [-0.05, 0) is 31.7 Å². The Morgan fingerprint density at radius 3 is 2.70 bits per heavy atom. The standard InChI is InChI=1S/C18H24FN5O3/c1-12(20)10-23(2)7-8-24-11-22-15(16(25)18(24)27)17(26)21-9-13-3-5-14(19)6-4-13/h3-6,11-12,25H,7-10,20H2,1-2H3,(H,21,26). The third kappa shape index (κ3) is 5.87. The van der Waals surface area contributed by atoms with E-state index in [1.54, 1.807) is 0 Å². The van der Waals surface area contributed by atoms with Gasteiger partial charge in [-0.15, -0.1) is 0 Å². The van der Waals surface area contributed by atoms with Crippen LogP contribution in [-0.2, 0) is 13.1 Å². The van der Waals surface area contributed by atoms with E-state index < -0.39 is 17.2 Å². The second kappa shape index (κ2) is 9.24. The maximum absolute atomic E-state index is 12.9. The highest BCUT2D eigenvalue weighted by atomic mass is 19.1. The largest absolute Gasteiger partial charge is 0.501 e. The molecule has 4 N–H and O–H groups in total. The first-order valence-electron chi connectivity index (χ1n) is 8.53. The lowest BCUT2D eigenvalue weighted by Gasteiger charge is -2.19. The highest BCUT2D eigenvalue weighted by molar-refractivity contribution is 5.94. The average Bonchev–Trinajstić information content (AvgIpc) is 2.61. The summed E-state index contributed by atoms with van der Waals surface area (Å²) >= 11 is 0. The van der Waals surface area contributed by atoms with Gasteiger partial charge in [0.2, 0.25) is 5.75 Å². The van der Waals surface area contributed by atoms with Gasteiger partial charge in [0.25, 0.3) is 11.5 Å². The molecule has 0 saturated heterocycles. The van der Waals surface area contributed by atoms with Crippen molar-refractivity contribution < 1.29 is 14.3 Å². The van der Waals surface area contributed by atoms with Crippen LogP contribution in [0.1, 0.15) is 23.0 Å². The van der Waals surface area contributed by atoms with Crippen molar-refractivity contribution in [2.24, 2.45) is 5.73 Å². The van der Waals surface area contributed by atoms with Crippen molar-refractivity contribution in [3.05, 3.63) is 58.0 Å². The summed E-state index contributed by atoms with van der Waals surface area (Å²) in [6.45, 7) is 3.51. The van der Waals surface area contributed by atoms with Crippen LogP contribution in [0.2, 0.25) is 0 Å². The van der Waals surface area contributed by atoms with Crippen LogP contribution in [0.3, 0.4) is 0 Å².